The van der Waals surface area contributed by atoms with Crippen LogP contribution in [0.1, 0.15) is 49.3 Å². The van der Waals surface area contributed by atoms with Crippen LogP contribution in [-0.2, 0) is 18.3 Å². The van der Waals surface area contributed by atoms with Gasteiger partial charge in [-0.3, -0.25) is 4.79 Å². The molecule has 1 aliphatic carbocycles. The lowest BCUT2D eigenvalue weighted by molar-refractivity contribution is 0.551. The van der Waals surface area contributed by atoms with Gasteiger partial charge < -0.3 is 4.98 Å². The van der Waals surface area contributed by atoms with Crippen LogP contribution < -0.4 is 5.56 Å². The maximum atomic E-state index is 11.9. The fourth-order valence-electron chi connectivity index (χ4n) is 2.81. The van der Waals surface area contributed by atoms with E-state index < -0.39 is 0 Å². The van der Waals surface area contributed by atoms with Gasteiger partial charge in [0, 0.05) is 17.4 Å². The number of fused-ring (bicyclic) bond motifs is 1. The Labute approximate surface area is 119 Å². The number of hydrogen-bond acceptors (Lipinski definition) is 2. The molecule has 20 heavy (non-hydrogen) atoms. The number of nitrogens with zero attached hydrogens (tertiary/aromatic N) is 1. The summed E-state index contributed by atoms with van der Waals surface area (Å²) < 4.78 is 0. The van der Waals surface area contributed by atoms with Crippen molar-refractivity contribution in [2.75, 3.05) is 0 Å². The average Bonchev–Trinajstić information content (AvgIpc) is 2.80. The summed E-state index contributed by atoms with van der Waals surface area (Å²) in [5.41, 5.74) is 3.47. The molecule has 0 amide bonds. The molecule has 3 heteroatoms. The lowest BCUT2D eigenvalue weighted by atomic mass is 9.91. The minimum Gasteiger partial charge on any atom is -0.310 e. The van der Waals surface area contributed by atoms with E-state index in [1.807, 2.05) is 0 Å². The standard InChI is InChI=1S/C17H20N2O/c1-17(2,3)14-10-15(20)19-16(18-14)13-8-11-6-4-5-7-12(11)9-13/h4-7,10,13H,8-9H2,1-3H3,(H,18,19,20). The first-order valence-electron chi connectivity index (χ1n) is 7.12. The predicted molar refractivity (Wildman–Crippen MR) is 80.1 cm³/mol. The van der Waals surface area contributed by atoms with E-state index >= 15 is 0 Å². The Morgan fingerprint density at radius 3 is 2.30 bits per heavy atom. The molecule has 3 rings (SSSR count). The monoisotopic (exact) mass is 268 g/mol. The minimum atomic E-state index is -0.103. The van der Waals surface area contributed by atoms with Crippen molar-refractivity contribution in [3.63, 3.8) is 0 Å². The van der Waals surface area contributed by atoms with E-state index in [0.717, 1.165) is 24.4 Å². The average molecular weight is 268 g/mol. The Hall–Kier alpha value is -1.90. The van der Waals surface area contributed by atoms with E-state index in [4.69, 9.17) is 4.98 Å². The summed E-state index contributed by atoms with van der Waals surface area (Å²) in [7, 11) is 0. The number of aromatic nitrogens is 2. The van der Waals surface area contributed by atoms with Crippen molar-refractivity contribution >= 4 is 0 Å². The highest BCUT2D eigenvalue weighted by molar-refractivity contribution is 5.35. The largest absolute Gasteiger partial charge is 0.310 e. The van der Waals surface area contributed by atoms with Gasteiger partial charge in [-0.05, 0) is 24.0 Å². The number of benzene rings is 1. The van der Waals surface area contributed by atoms with Gasteiger partial charge >= 0.3 is 0 Å². The zero-order chi connectivity index (χ0) is 14.3. The van der Waals surface area contributed by atoms with Crippen molar-refractivity contribution in [2.24, 2.45) is 0 Å². The van der Waals surface area contributed by atoms with Gasteiger partial charge in [-0.25, -0.2) is 4.98 Å². The molecule has 0 saturated carbocycles. The Morgan fingerprint density at radius 2 is 1.75 bits per heavy atom. The van der Waals surface area contributed by atoms with Gasteiger partial charge in [0.2, 0.25) is 0 Å². The molecule has 0 fully saturated rings. The van der Waals surface area contributed by atoms with Crippen LogP contribution in [0.5, 0.6) is 0 Å². The van der Waals surface area contributed by atoms with Crippen LogP contribution in [0.25, 0.3) is 0 Å². The van der Waals surface area contributed by atoms with E-state index in [9.17, 15) is 4.79 Å². The summed E-state index contributed by atoms with van der Waals surface area (Å²) in [4.78, 5) is 19.5. The molecule has 1 N–H and O–H groups in total. The van der Waals surface area contributed by atoms with Crippen molar-refractivity contribution < 1.29 is 0 Å². The SMILES string of the molecule is CC(C)(C)c1cc(=O)[nH]c(C2Cc3ccccc3C2)n1. The minimum absolute atomic E-state index is 0.0455. The molecular formula is C17H20N2O. The fourth-order valence-corrected chi connectivity index (χ4v) is 2.81. The lowest BCUT2D eigenvalue weighted by Gasteiger charge is -2.19. The summed E-state index contributed by atoms with van der Waals surface area (Å²) in [5, 5.41) is 0. The lowest BCUT2D eigenvalue weighted by Crippen LogP contribution is -2.22. The molecule has 0 radical (unpaired) electrons. The summed E-state index contributed by atoms with van der Waals surface area (Å²) in [6.45, 7) is 6.26. The molecule has 0 unspecified atom stereocenters. The molecule has 1 aliphatic rings. The molecule has 1 aromatic carbocycles. The first-order valence-corrected chi connectivity index (χ1v) is 7.12. The van der Waals surface area contributed by atoms with E-state index in [2.05, 4.69) is 50.0 Å². The zero-order valence-corrected chi connectivity index (χ0v) is 12.2. The molecule has 1 heterocycles. The van der Waals surface area contributed by atoms with Crippen LogP contribution in [0.15, 0.2) is 35.1 Å². The third kappa shape index (κ3) is 2.40. The van der Waals surface area contributed by atoms with E-state index in [1.54, 1.807) is 6.07 Å². The molecule has 0 bridgehead atoms. The topological polar surface area (TPSA) is 45.8 Å². The van der Waals surface area contributed by atoms with Gasteiger partial charge in [-0.15, -0.1) is 0 Å². The second-order valence-electron chi connectivity index (χ2n) is 6.64. The van der Waals surface area contributed by atoms with Gasteiger partial charge in [-0.1, -0.05) is 45.0 Å². The van der Waals surface area contributed by atoms with Gasteiger partial charge in [0.25, 0.3) is 5.56 Å². The third-order valence-corrected chi connectivity index (χ3v) is 3.97. The molecule has 2 aromatic rings. The van der Waals surface area contributed by atoms with Gasteiger partial charge in [0.15, 0.2) is 0 Å². The van der Waals surface area contributed by atoms with E-state index in [1.165, 1.54) is 11.1 Å². The highest BCUT2D eigenvalue weighted by atomic mass is 16.1. The number of aromatic amines is 1. The van der Waals surface area contributed by atoms with Gasteiger partial charge in [-0.2, -0.15) is 0 Å². The zero-order valence-electron chi connectivity index (χ0n) is 12.2. The molecule has 0 spiro atoms. The summed E-state index contributed by atoms with van der Waals surface area (Å²) >= 11 is 0. The highest BCUT2D eigenvalue weighted by Crippen LogP contribution is 2.32. The second-order valence-corrected chi connectivity index (χ2v) is 6.64. The van der Waals surface area contributed by atoms with Crippen molar-refractivity contribution in [2.45, 2.75) is 44.9 Å². The predicted octanol–water partition coefficient (Wildman–Crippen LogP) is 2.95. The third-order valence-electron chi connectivity index (χ3n) is 3.97. The fraction of sp³-hybridized carbons (Fsp3) is 0.412. The Morgan fingerprint density at radius 1 is 1.15 bits per heavy atom. The van der Waals surface area contributed by atoms with Crippen LogP contribution in [0, 0.1) is 0 Å². The summed E-state index contributed by atoms with van der Waals surface area (Å²) in [5.74, 6) is 1.13. The molecule has 0 saturated heterocycles. The number of hydrogen-bond donors (Lipinski definition) is 1. The van der Waals surface area contributed by atoms with Crippen LogP contribution >= 0.6 is 0 Å². The van der Waals surface area contributed by atoms with Crippen molar-refractivity contribution in [1.29, 1.82) is 0 Å². The molecule has 1 aromatic heterocycles. The van der Waals surface area contributed by atoms with E-state index in [0.29, 0.717) is 5.92 Å². The van der Waals surface area contributed by atoms with Gasteiger partial charge in [0.1, 0.15) is 5.82 Å². The number of H-pyrrole nitrogens is 1. The molecular weight excluding hydrogens is 248 g/mol. The quantitative estimate of drug-likeness (QED) is 0.864. The number of nitrogens with one attached hydrogen (secondary N) is 1. The first-order chi connectivity index (χ1) is 9.43. The van der Waals surface area contributed by atoms with Crippen LogP contribution in [0.4, 0.5) is 0 Å². The number of rotatable bonds is 1. The summed E-state index contributed by atoms with van der Waals surface area (Å²) in [6.07, 6.45) is 1.93. The molecule has 0 atom stereocenters. The maximum absolute atomic E-state index is 11.9. The highest BCUT2D eigenvalue weighted by Gasteiger charge is 2.26. The smallest absolute Gasteiger partial charge is 0.251 e. The van der Waals surface area contributed by atoms with Crippen molar-refractivity contribution in [1.82, 2.24) is 9.97 Å². The summed E-state index contributed by atoms with van der Waals surface area (Å²) in [6, 6.07) is 10.1. The van der Waals surface area contributed by atoms with E-state index in [-0.39, 0.29) is 11.0 Å². The first kappa shape index (κ1) is 13.1. The van der Waals surface area contributed by atoms with Crippen LogP contribution in [-0.4, -0.2) is 9.97 Å². The Bertz CT molecular complexity index is 670. The van der Waals surface area contributed by atoms with Crippen molar-refractivity contribution in [3.05, 3.63) is 63.3 Å². The Kier molecular flexibility index (Phi) is 3.00. The van der Waals surface area contributed by atoms with Crippen LogP contribution in [0.2, 0.25) is 0 Å². The van der Waals surface area contributed by atoms with Crippen molar-refractivity contribution in [3.8, 4) is 0 Å². The second kappa shape index (κ2) is 4.58. The maximum Gasteiger partial charge on any atom is 0.251 e. The van der Waals surface area contributed by atoms with Gasteiger partial charge in [0.05, 0.1) is 5.69 Å². The normalized spacial score (nSPS) is 15.3. The van der Waals surface area contributed by atoms with Crippen LogP contribution in [0.3, 0.4) is 0 Å². The molecule has 3 nitrogen and oxygen atoms in total. The molecule has 104 valence electrons. The molecule has 0 aliphatic heterocycles. The Balaban J connectivity index is 1.97.